The largest absolute Gasteiger partial charge is 0.383 e. The Kier molecular flexibility index (Phi) is 6.94. The van der Waals surface area contributed by atoms with Crippen LogP contribution in [-0.2, 0) is 11.3 Å². The molecule has 1 aromatic heterocycles. The van der Waals surface area contributed by atoms with Crippen molar-refractivity contribution in [2.75, 3.05) is 26.8 Å². The second kappa shape index (κ2) is 7.95. The lowest BCUT2D eigenvalue weighted by molar-refractivity contribution is 0.135. The average molecular weight is 291 g/mol. The van der Waals surface area contributed by atoms with E-state index in [0.717, 1.165) is 18.8 Å². The Bertz CT molecular complexity index is 372. The minimum absolute atomic E-state index is 0.477. The van der Waals surface area contributed by atoms with Crippen molar-refractivity contribution < 1.29 is 4.74 Å². The molecule has 0 N–H and O–H groups in total. The summed E-state index contributed by atoms with van der Waals surface area (Å²) in [6.45, 7) is 7.61. The highest BCUT2D eigenvalue weighted by Crippen LogP contribution is 2.18. The maximum atomic E-state index is 6.13. The van der Waals surface area contributed by atoms with Gasteiger partial charge in [0.05, 0.1) is 17.3 Å². The molecule has 0 radical (unpaired) electrons. The predicted molar refractivity (Wildman–Crippen MR) is 76.2 cm³/mol. The van der Waals surface area contributed by atoms with E-state index in [1.165, 1.54) is 0 Å². The Morgan fingerprint density at radius 2 is 2.06 bits per heavy atom. The van der Waals surface area contributed by atoms with E-state index in [1.54, 1.807) is 19.2 Å². The number of halogens is 2. The third-order valence-electron chi connectivity index (χ3n) is 2.49. The maximum Gasteiger partial charge on any atom is 0.129 e. The molecule has 0 saturated carbocycles. The predicted octanol–water partition coefficient (Wildman–Crippen LogP) is 3.49. The summed E-state index contributed by atoms with van der Waals surface area (Å²) in [5, 5.41) is 1.14. The zero-order chi connectivity index (χ0) is 13.5. The zero-order valence-corrected chi connectivity index (χ0v) is 12.6. The second-order valence-corrected chi connectivity index (χ2v) is 5.48. The first-order valence-corrected chi connectivity index (χ1v) is 6.80. The summed E-state index contributed by atoms with van der Waals surface area (Å²) >= 11 is 12.0. The molecule has 18 heavy (non-hydrogen) atoms. The average Bonchev–Trinajstić information content (AvgIpc) is 2.30. The number of hydrogen-bond donors (Lipinski definition) is 0. The molecule has 0 saturated heterocycles. The third-order valence-corrected chi connectivity index (χ3v) is 3.05. The van der Waals surface area contributed by atoms with Crippen molar-refractivity contribution >= 4 is 23.2 Å². The minimum Gasteiger partial charge on any atom is -0.383 e. The number of rotatable bonds is 7. The van der Waals surface area contributed by atoms with Crippen LogP contribution in [0.1, 0.15) is 19.5 Å². The first kappa shape index (κ1) is 15.7. The van der Waals surface area contributed by atoms with Gasteiger partial charge >= 0.3 is 0 Å². The summed E-state index contributed by atoms with van der Waals surface area (Å²) in [6, 6.07) is 3.49. The molecule has 5 heteroatoms. The zero-order valence-electron chi connectivity index (χ0n) is 11.1. The molecule has 1 rings (SSSR count). The number of aromatic nitrogens is 1. The van der Waals surface area contributed by atoms with Gasteiger partial charge in [-0.3, -0.25) is 4.90 Å². The molecule has 3 nitrogen and oxygen atoms in total. The van der Waals surface area contributed by atoms with Crippen molar-refractivity contribution in [1.82, 2.24) is 9.88 Å². The smallest absolute Gasteiger partial charge is 0.129 e. The topological polar surface area (TPSA) is 25.4 Å². The third kappa shape index (κ3) is 5.53. The molecular formula is C13H20Cl2N2O. The van der Waals surface area contributed by atoms with Crippen LogP contribution in [0.2, 0.25) is 10.2 Å². The second-order valence-electron chi connectivity index (χ2n) is 4.68. The fourth-order valence-corrected chi connectivity index (χ4v) is 2.08. The van der Waals surface area contributed by atoms with Gasteiger partial charge in [-0.15, -0.1) is 0 Å². The van der Waals surface area contributed by atoms with E-state index in [9.17, 15) is 0 Å². The standard InChI is InChI=1S/C13H20Cl2N2O/c1-10(2)8-17(6-7-18-3)9-12-11(14)4-5-13(15)16-12/h4-5,10H,6-9H2,1-3H3. The number of methoxy groups -OCH3 is 1. The summed E-state index contributed by atoms with van der Waals surface area (Å²) < 4.78 is 5.12. The Labute approximate surface area is 119 Å². The molecule has 102 valence electrons. The monoisotopic (exact) mass is 290 g/mol. The molecule has 1 heterocycles. The number of hydrogen-bond acceptors (Lipinski definition) is 3. The Hall–Kier alpha value is -0.350. The fourth-order valence-electron chi connectivity index (χ4n) is 1.75. The first-order chi connectivity index (χ1) is 8.52. The van der Waals surface area contributed by atoms with Crippen LogP contribution in [0.25, 0.3) is 0 Å². The molecular weight excluding hydrogens is 271 g/mol. The summed E-state index contributed by atoms with van der Waals surface area (Å²) in [5.74, 6) is 0.583. The van der Waals surface area contributed by atoms with Crippen LogP contribution in [0.15, 0.2) is 12.1 Å². The molecule has 0 aliphatic heterocycles. The highest BCUT2D eigenvalue weighted by molar-refractivity contribution is 6.32. The number of pyridine rings is 1. The van der Waals surface area contributed by atoms with Gasteiger partial charge < -0.3 is 4.74 Å². The first-order valence-electron chi connectivity index (χ1n) is 6.05. The molecule has 0 fully saturated rings. The SMILES string of the molecule is COCCN(Cc1nc(Cl)ccc1Cl)CC(C)C. The van der Waals surface area contributed by atoms with E-state index in [-0.39, 0.29) is 0 Å². The number of ether oxygens (including phenoxy) is 1. The van der Waals surface area contributed by atoms with E-state index in [4.69, 9.17) is 27.9 Å². The van der Waals surface area contributed by atoms with Crippen molar-refractivity contribution in [3.8, 4) is 0 Å². The lowest BCUT2D eigenvalue weighted by Crippen LogP contribution is -2.31. The highest BCUT2D eigenvalue weighted by atomic mass is 35.5. The van der Waals surface area contributed by atoms with Gasteiger partial charge in [0.1, 0.15) is 5.15 Å². The van der Waals surface area contributed by atoms with Crippen LogP contribution in [0.3, 0.4) is 0 Å². The minimum atomic E-state index is 0.477. The van der Waals surface area contributed by atoms with E-state index >= 15 is 0 Å². The van der Waals surface area contributed by atoms with Gasteiger partial charge in [0.15, 0.2) is 0 Å². The van der Waals surface area contributed by atoms with Gasteiger partial charge in [-0.05, 0) is 18.1 Å². The van der Waals surface area contributed by atoms with Crippen LogP contribution in [0, 0.1) is 5.92 Å². The fraction of sp³-hybridized carbons (Fsp3) is 0.615. The molecule has 1 aromatic rings. The quantitative estimate of drug-likeness (QED) is 0.719. The van der Waals surface area contributed by atoms with Gasteiger partial charge in [-0.25, -0.2) is 4.98 Å². The Morgan fingerprint density at radius 1 is 1.33 bits per heavy atom. The maximum absolute atomic E-state index is 6.13. The van der Waals surface area contributed by atoms with Crippen molar-refractivity contribution in [1.29, 1.82) is 0 Å². The summed E-state index contributed by atoms with van der Waals surface area (Å²) in [6.07, 6.45) is 0. The van der Waals surface area contributed by atoms with Crippen LogP contribution >= 0.6 is 23.2 Å². The molecule has 0 amide bonds. The molecule has 0 spiro atoms. The van der Waals surface area contributed by atoms with Crippen molar-refractivity contribution in [3.05, 3.63) is 28.0 Å². The molecule has 0 aromatic carbocycles. The molecule has 0 atom stereocenters. The van der Waals surface area contributed by atoms with E-state index in [0.29, 0.717) is 29.2 Å². The van der Waals surface area contributed by atoms with Crippen LogP contribution in [0.5, 0.6) is 0 Å². The van der Waals surface area contributed by atoms with E-state index < -0.39 is 0 Å². The lowest BCUT2D eigenvalue weighted by atomic mass is 10.2. The van der Waals surface area contributed by atoms with Gasteiger partial charge in [-0.2, -0.15) is 0 Å². The molecule has 0 unspecified atom stereocenters. The highest BCUT2D eigenvalue weighted by Gasteiger charge is 2.11. The summed E-state index contributed by atoms with van der Waals surface area (Å²) in [4.78, 5) is 6.56. The van der Waals surface area contributed by atoms with Gasteiger partial charge in [0.25, 0.3) is 0 Å². The van der Waals surface area contributed by atoms with Gasteiger partial charge in [0, 0.05) is 26.7 Å². The van der Waals surface area contributed by atoms with Crippen molar-refractivity contribution in [3.63, 3.8) is 0 Å². The van der Waals surface area contributed by atoms with Gasteiger partial charge in [0.2, 0.25) is 0 Å². The number of nitrogens with zero attached hydrogens (tertiary/aromatic N) is 2. The Balaban J connectivity index is 2.71. The van der Waals surface area contributed by atoms with Crippen molar-refractivity contribution in [2.24, 2.45) is 5.92 Å². The summed E-state index contributed by atoms with van der Waals surface area (Å²) in [5.41, 5.74) is 0.820. The van der Waals surface area contributed by atoms with E-state index in [2.05, 4.69) is 23.7 Å². The van der Waals surface area contributed by atoms with Crippen LogP contribution in [-0.4, -0.2) is 36.7 Å². The molecule has 0 bridgehead atoms. The molecule has 0 aliphatic rings. The lowest BCUT2D eigenvalue weighted by Gasteiger charge is -2.23. The normalized spacial score (nSPS) is 11.5. The Morgan fingerprint density at radius 3 is 2.67 bits per heavy atom. The van der Waals surface area contributed by atoms with Gasteiger partial charge in [-0.1, -0.05) is 37.0 Å². The van der Waals surface area contributed by atoms with Crippen molar-refractivity contribution in [2.45, 2.75) is 20.4 Å². The van der Waals surface area contributed by atoms with Crippen LogP contribution < -0.4 is 0 Å². The van der Waals surface area contributed by atoms with Crippen LogP contribution in [0.4, 0.5) is 0 Å². The van der Waals surface area contributed by atoms with E-state index in [1.807, 2.05) is 0 Å². The molecule has 0 aliphatic carbocycles. The summed E-state index contributed by atoms with van der Waals surface area (Å²) in [7, 11) is 1.71.